The first-order valence-electron chi connectivity index (χ1n) is 5.43. The van der Waals surface area contributed by atoms with E-state index in [0.717, 1.165) is 0 Å². The SMILES string of the molecule is CCP(CC)CCP(CC)CC.[C-]#[O+].[Mo]. The van der Waals surface area contributed by atoms with Crippen molar-refractivity contribution in [1.82, 2.24) is 0 Å². The van der Waals surface area contributed by atoms with Gasteiger partial charge in [0.05, 0.1) is 0 Å². The van der Waals surface area contributed by atoms with Crippen molar-refractivity contribution < 1.29 is 25.7 Å². The van der Waals surface area contributed by atoms with Crippen LogP contribution in [-0.2, 0) is 25.7 Å². The molecule has 0 aromatic carbocycles. The smallest absolute Gasteiger partial charge is 0 e. The third kappa shape index (κ3) is 13.2. The molecule has 0 spiro atoms. The Morgan fingerprint density at radius 2 is 0.933 bits per heavy atom. The summed E-state index contributed by atoms with van der Waals surface area (Å²) in [4.78, 5) is 0. The zero-order chi connectivity index (χ0) is 11.4. The van der Waals surface area contributed by atoms with Crippen molar-refractivity contribution >= 4 is 15.8 Å². The van der Waals surface area contributed by atoms with Crippen LogP contribution in [0.25, 0.3) is 0 Å². The first kappa shape index (κ1) is 21.6. The molecule has 0 saturated heterocycles. The van der Waals surface area contributed by atoms with Crippen LogP contribution in [0, 0.1) is 6.65 Å². The summed E-state index contributed by atoms with van der Waals surface area (Å²) in [6, 6.07) is 0. The third-order valence-corrected chi connectivity index (χ3v) is 8.16. The van der Waals surface area contributed by atoms with Gasteiger partial charge in [0.15, 0.2) is 0 Å². The van der Waals surface area contributed by atoms with Crippen molar-refractivity contribution in [2.45, 2.75) is 27.7 Å². The molecule has 1 nitrogen and oxygen atoms in total. The number of hydrogen-bond donors (Lipinski definition) is 0. The minimum atomic E-state index is 0. The molecule has 0 aliphatic heterocycles. The third-order valence-electron chi connectivity index (χ3n) is 2.52. The summed E-state index contributed by atoms with van der Waals surface area (Å²) in [6.07, 6.45) is 8.89. The van der Waals surface area contributed by atoms with E-state index in [2.05, 4.69) is 34.3 Å². The average molecular weight is 330 g/mol. The Kier molecular flexibility index (Phi) is 25.4. The Hall–Kier alpha value is 1.29. The van der Waals surface area contributed by atoms with Crippen LogP contribution in [0.1, 0.15) is 27.7 Å². The summed E-state index contributed by atoms with van der Waals surface area (Å²) in [5.74, 6) is 0. The van der Waals surface area contributed by atoms with E-state index in [0.29, 0.717) is 15.8 Å². The van der Waals surface area contributed by atoms with Crippen LogP contribution in [0.15, 0.2) is 0 Å². The first-order valence-corrected chi connectivity index (χ1v) is 9.22. The van der Waals surface area contributed by atoms with E-state index in [1.54, 1.807) is 12.3 Å². The van der Waals surface area contributed by atoms with Crippen molar-refractivity contribution in [2.75, 3.05) is 37.0 Å². The molecule has 4 heteroatoms. The minimum absolute atomic E-state index is 0. The van der Waals surface area contributed by atoms with Crippen LogP contribution >= 0.6 is 15.8 Å². The summed E-state index contributed by atoms with van der Waals surface area (Å²) < 4.78 is 7.50. The van der Waals surface area contributed by atoms with E-state index in [4.69, 9.17) is 4.65 Å². The molecule has 15 heavy (non-hydrogen) atoms. The standard InChI is InChI=1S/C10H24P2.CO.Mo/c1-5-11(6-2)9-10-12(7-3)8-4;1-2;/h5-10H2,1-4H3;;. The molecule has 0 rings (SSSR count). The van der Waals surface area contributed by atoms with Gasteiger partial charge < -0.3 is 0 Å². The zero-order valence-electron chi connectivity index (χ0n) is 10.5. The van der Waals surface area contributed by atoms with Crippen LogP contribution in [0.4, 0.5) is 0 Å². The van der Waals surface area contributed by atoms with E-state index in [1.807, 2.05) is 0 Å². The maximum atomic E-state index is 7.50. The van der Waals surface area contributed by atoms with Crippen molar-refractivity contribution in [3.05, 3.63) is 6.65 Å². The van der Waals surface area contributed by atoms with Gasteiger partial charge in [0.25, 0.3) is 0 Å². The van der Waals surface area contributed by atoms with Crippen molar-refractivity contribution in [1.29, 1.82) is 0 Å². The van der Waals surface area contributed by atoms with E-state index in [1.165, 1.54) is 24.6 Å². The summed E-state index contributed by atoms with van der Waals surface area (Å²) in [5.41, 5.74) is 0. The topological polar surface area (TPSA) is 19.9 Å². The molecule has 0 radical (unpaired) electrons. The summed E-state index contributed by atoms with van der Waals surface area (Å²) >= 11 is 0. The van der Waals surface area contributed by atoms with Crippen molar-refractivity contribution in [3.8, 4) is 0 Å². The first-order chi connectivity index (χ1) is 6.78. The monoisotopic (exact) mass is 332 g/mol. The van der Waals surface area contributed by atoms with Gasteiger partial charge in [-0.2, -0.15) is 0 Å². The van der Waals surface area contributed by atoms with Gasteiger partial charge >= 0.3 is 11.3 Å². The van der Waals surface area contributed by atoms with Crippen LogP contribution in [0.5, 0.6) is 0 Å². The molecule has 0 saturated carbocycles. The fraction of sp³-hybridized carbons (Fsp3) is 0.909. The van der Waals surface area contributed by atoms with Gasteiger partial charge in [-0.3, -0.25) is 0 Å². The molecule has 0 atom stereocenters. The van der Waals surface area contributed by atoms with Gasteiger partial charge in [0.2, 0.25) is 0 Å². The predicted molar refractivity (Wildman–Crippen MR) is 69.7 cm³/mol. The molecular formula is C11H24MoOP2. The maximum Gasteiger partial charge on any atom is 0 e. The molecule has 0 bridgehead atoms. The van der Waals surface area contributed by atoms with Gasteiger partial charge in [0.1, 0.15) is 0 Å². The Morgan fingerprint density at radius 3 is 1.07 bits per heavy atom. The average Bonchev–Trinajstić information content (AvgIpc) is 2.28. The van der Waals surface area contributed by atoms with Gasteiger partial charge in [-0.25, -0.2) is 0 Å². The number of rotatable bonds is 7. The molecule has 0 unspecified atom stereocenters. The van der Waals surface area contributed by atoms with Crippen molar-refractivity contribution in [2.24, 2.45) is 0 Å². The van der Waals surface area contributed by atoms with Gasteiger partial charge in [-0.05, 0) is 37.0 Å². The van der Waals surface area contributed by atoms with E-state index >= 15 is 0 Å². The Balaban J connectivity index is -0.000000449. The molecule has 0 aromatic rings. The van der Waals surface area contributed by atoms with Gasteiger partial charge in [-0.1, -0.05) is 27.7 Å². The summed E-state index contributed by atoms with van der Waals surface area (Å²) in [7, 11) is 0.832. The van der Waals surface area contributed by atoms with Crippen LogP contribution in [0.3, 0.4) is 0 Å². The van der Waals surface area contributed by atoms with Gasteiger partial charge in [-0.15, -0.1) is 15.8 Å². The maximum absolute atomic E-state index is 7.50. The molecule has 0 aliphatic carbocycles. The minimum Gasteiger partial charge on any atom is 0 e. The quantitative estimate of drug-likeness (QED) is 0.291. The van der Waals surface area contributed by atoms with E-state index < -0.39 is 0 Å². The molecule has 0 heterocycles. The fourth-order valence-corrected chi connectivity index (χ4v) is 5.78. The molecular weight excluding hydrogens is 306 g/mol. The fourth-order valence-electron chi connectivity index (χ4n) is 1.36. The molecule has 0 aliphatic rings. The summed E-state index contributed by atoms with van der Waals surface area (Å²) in [5, 5.41) is 0. The molecule has 90 valence electrons. The molecule has 0 aromatic heterocycles. The summed E-state index contributed by atoms with van der Waals surface area (Å²) in [6.45, 7) is 13.9. The number of hydrogen-bond acceptors (Lipinski definition) is 0. The van der Waals surface area contributed by atoms with E-state index in [9.17, 15) is 0 Å². The second-order valence-corrected chi connectivity index (χ2v) is 9.16. The van der Waals surface area contributed by atoms with E-state index in [-0.39, 0.29) is 21.1 Å². The molecule has 0 N–H and O–H groups in total. The Morgan fingerprint density at radius 1 is 0.733 bits per heavy atom. The zero-order valence-corrected chi connectivity index (χ0v) is 14.2. The van der Waals surface area contributed by atoms with Gasteiger partial charge in [0, 0.05) is 21.1 Å². The van der Waals surface area contributed by atoms with Crippen molar-refractivity contribution in [3.63, 3.8) is 0 Å². The molecule has 0 fully saturated rings. The molecule has 0 amide bonds. The van der Waals surface area contributed by atoms with Crippen LogP contribution in [0.2, 0.25) is 0 Å². The largest absolute Gasteiger partial charge is 0 e. The van der Waals surface area contributed by atoms with Crippen LogP contribution < -0.4 is 0 Å². The Bertz CT molecular complexity index is 111. The second kappa shape index (κ2) is 17.7. The van der Waals surface area contributed by atoms with Crippen LogP contribution in [-0.4, -0.2) is 37.0 Å². The second-order valence-electron chi connectivity index (χ2n) is 3.05. The normalized spacial score (nSPS) is 9.33. The Labute approximate surface area is 113 Å². The predicted octanol–water partition coefficient (Wildman–Crippen LogP) is 3.99.